The van der Waals surface area contributed by atoms with Gasteiger partial charge in [-0.25, -0.2) is 0 Å². The fraction of sp³-hybridized carbons (Fsp3) is 0.235. The maximum atomic E-state index is 12.1. The van der Waals surface area contributed by atoms with Gasteiger partial charge in [0.15, 0.2) is 0 Å². The fourth-order valence-electron chi connectivity index (χ4n) is 2.12. The van der Waals surface area contributed by atoms with Gasteiger partial charge in [-0.3, -0.25) is 4.79 Å². The SMILES string of the molecule is COc1ccc(C(=O)NC2CC2)cc1Nc1ccccc1. The molecular weight excluding hydrogens is 264 g/mol. The first kappa shape index (κ1) is 13.5. The van der Waals surface area contributed by atoms with E-state index in [0.29, 0.717) is 17.4 Å². The van der Waals surface area contributed by atoms with Crippen LogP contribution in [0, 0.1) is 0 Å². The first-order valence-corrected chi connectivity index (χ1v) is 7.07. The van der Waals surface area contributed by atoms with Crippen molar-refractivity contribution in [1.29, 1.82) is 0 Å². The second-order valence-corrected chi connectivity index (χ2v) is 5.15. The molecule has 2 aromatic rings. The van der Waals surface area contributed by atoms with E-state index in [0.717, 1.165) is 24.2 Å². The Bertz CT molecular complexity index is 636. The molecule has 4 heteroatoms. The van der Waals surface area contributed by atoms with Gasteiger partial charge in [-0.15, -0.1) is 0 Å². The molecule has 0 aliphatic heterocycles. The zero-order chi connectivity index (χ0) is 14.7. The lowest BCUT2D eigenvalue weighted by Crippen LogP contribution is -2.25. The largest absolute Gasteiger partial charge is 0.495 e. The summed E-state index contributed by atoms with van der Waals surface area (Å²) in [6.07, 6.45) is 2.16. The summed E-state index contributed by atoms with van der Waals surface area (Å²) in [5.41, 5.74) is 2.38. The van der Waals surface area contributed by atoms with Crippen LogP contribution in [0.5, 0.6) is 5.75 Å². The van der Waals surface area contributed by atoms with Crippen LogP contribution in [0.1, 0.15) is 23.2 Å². The Morgan fingerprint density at radius 1 is 1.14 bits per heavy atom. The van der Waals surface area contributed by atoms with E-state index in [9.17, 15) is 4.79 Å². The van der Waals surface area contributed by atoms with Crippen LogP contribution in [0.4, 0.5) is 11.4 Å². The molecule has 1 aliphatic carbocycles. The lowest BCUT2D eigenvalue weighted by Gasteiger charge is -2.13. The smallest absolute Gasteiger partial charge is 0.251 e. The predicted molar refractivity (Wildman–Crippen MR) is 83.2 cm³/mol. The van der Waals surface area contributed by atoms with Crippen molar-refractivity contribution in [3.63, 3.8) is 0 Å². The molecule has 1 aliphatic rings. The lowest BCUT2D eigenvalue weighted by molar-refractivity contribution is 0.0951. The first-order valence-electron chi connectivity index (χ1n) is 7.07. The quantitative estimate of drug-likeness (QED) is 0.884. The van der Waals surface area contributed by atoms with Crippen molar-refractivity contribution >= 4 is 17.3 Å². The molecule has 0 atom stereocenters. The molecule has 1 amide bonds. The maximum absolute atomic E-state index is 12.1. The van der Waals surface area contributed by atoms with Crippen molar-refractivity contribution in [3.05, 3.63) is 54.1 Å². The minimum absolute atomic E-state index is 0.0312. The molecule has 0 bridgehead atoms. The Kier molecular flexibility index (Phi) is 3.77. The molecule has 108 valence electrons. The summed E-state index contributed by atoms with van der Waals surface area (Å²) in [4.78, 5) is 12.1. The molecule has 0 spiro atoms. The normalized spacial score (nSPS) is 13.6. The standard InChI is InChI=1S/C17H18N2O2/c1-21-16-10-7-12(17(20)19-14-8-9-14)11-15(16)18-13-5-3-2-4-6-13/h2-7,10-11,14,18H,8-9H2,1H3,(H,19,20). The van der Waals surface area contributed by atoms with Gasteiger partial charge in [0.05, 0.1) is 12.8 Å². The number of carbonyl (C=O) groups excluding carboxylic acids is 1. The second-order valence-electron chi connectivity index (χ2n) is 5.15. The highest BCUT2D eigenvalue weighted by Gasteiger charge is 2.24. The van der Waals surface area contributed by atoms with Crippen molar-refractivity contribution in [2.45, 2.75) is 18.9 Å². The topological polar surface area (TPSA) is 50.4 Å². The van der Waals surface area contributed by atoms with Crippen molar-refractivity contribution in [2.24, 2.45) is 0 Å². The predicted octanol–water partition coefficient (Wildman–Crippen LogP) is 3.33. The molecule has 2 N–H and O–H groups in total. The minimum Gasteiger partial charge on any atom is -0.495 e. The fourth-order valence-corrected chi connectivity index (χ4v) is 2.12. The Hall–Kier alpha value is -2.49. The van der Waals surface area contributed by atoms with E-state index in [4.69, 9.17) is 4.74 Å². The highest BCUT2D eigenvalue weighted by molar-refractivity contribution is 5.96. The molecule has 0 heterocycles. The molecule has 21 heavy (non-hydrogen) atoms. The Balaban J connectivity index is 1.84. The average Bonchev–Trinajstić information content (AvgIpc) is 3.32. The van der Waals surface area contributed by atoms with Gasteiger partial charge in [0.2, 0.25) is 0 Å². The number of para-hydroxylation sites is 1. The van der Waals surface area contributed by atoms with E-state index in [1.807, 2.05) is 42.5 Å². The zero-order valence-electron chi connectivity index (χ0n) is 11.9. The van der Waals surface area contributed by atoms with Gasteiger partial charge in [0, 0.05) is 17.3 Å². The van der Waals surface area contributed by atoms with E-state index >= 15 is 0 Å². The third-order valence-electron chi connectivity index (χ3n) is 3.43. The van der Waals surface area contributed by atoms with Gasteiger partial charge in [0.25, 0.3) is 5.91 Å². The Morgan fingerprint density at radius 3 is 2.57 bits per heavy atom. The van der Waals surface area contributed by atoms with Crippen LogP contribution in [-0.2, 0) is 0 Å². The van der Waals surface area contributed by atoms with Crippen LogP contribution in [-0.4, -0.2) is 19.1 Å². The first-order chi connectivity index (χ1) is 10.3. The molecule has 0 aromatic heterocycles. The molecule has 2 aromatic carbocycles. The minimum atomic E-state index is -0.0312. The second kappa shape index (κ2) is 5.87. The van der Waals surface area contributed by atoms with Crippen molar-refractivity contribution < 1.29 is 9.53 Å². The number of hydrogen-bond donors (Lipinski definition) is 2. The summed E-state index contributed by atoms with van der Waals surface area (Å²) in [6, 6.07) is 15.6. The summed E-state index contributed by atoms with van der Waals surface area (Å²) in [7, 11) is 1.62. The van der Waals surface area contributed by atoms with Gasteiger partial charge in [-0.1, -0.05) is 18.2 Å². The molecule has 1 saturated carbocycles. The number of carbonyl (C=O) groups is 1. The summed E-state index contributed by atoms with van der Waals surface area (Å²) >= 11 is 0. The van der Waals surface area contributed by atoms with Crippen LogP contribution in [0.15, 0.2) is 48.5 Å². The third-order valence-corrected chi connectivity index (χ3v) is 3.43. The molecule has 0 unspecified atom stereocenters. The number of benzene rings is 2. The number of ether oxygens (including phenoxy) is 1. The van der Waals surface area contributed by atoms with Crippen LogP contribution in [0.3, 0.4) is 0 Å². The molecule has 0 saturated heterocycles. The molecular formula is C17H18N2O2. The lowest BCUT2D eigenvalue weighted by atomic mass is 10.1. The summed E-state index contributed by atoms with van der Waals surface area (Å²) in [5, 5.41) is 6.27. The van der Waals surface area contributed by atoms with Crippen LogP contribution >= 0.6 is 0 Å². The van der Waals surface area contributed by atoms with Gasteiger partial charge >= 0.3 is 0 Å². The van der Waals surface area contributed by atoms with Crippen LogP contribution in [0.2, 0.25) is 0 Å². The number of anilines is 2. The van der Waals surface area contributed by atoms with Gasteiger partial charge < -0.3 is 15.4 Å². The Labute approximate surface area is 124 Å². The van der Waals surface area contributed by atoms with Gasteiger partial charge in [-0.05, 0) is 43.2 Å². The summed E-state index contributed by atoms with van der Waals surface area (Å²) in [5.74, 6) is 0.679. The zero-order valence-corrected chi connectivity index (χ0v) is 11.9. The van der Waals surface area contributed by atoms with Crippen LogP contribution < -0.4 is 15.4 Å². The molecule has 4 nitrogen and oxygen atoms in total. The number of nitrogens with one attached hydrogen (secondary N) is 2. The van der Waals surface area contributed by atoms with Crippen molar-refractivity contribution in [3.8, 4) is 5.75 Å². The van der Waals surface area contributed by atoms with E-state index in [-0.39, 0.29) is 5.91 Å². The third kappa shape index (κ3) is 3.34. The van der Waals surface area contributed by atoms with E-state index in [1.165, 1.54) is 0 Å². The summed E-state index contributed by atoms with van der Waals surface area (Å²) in [6.45, 7) is 0. The van der Waals surface area contributed by atoms with Crippen molar-refractivity contribution in [1.82, 2.24) is 5.32 Å². The average molecular weight is 282 g/mol. The number of methoxy groups -OCH3 is 1. The van der Waals surface area contributed by atoms with E-state index < -0.39 is 0 Å². The highest BCUT2D eigenvalue weighted by Crippen LogP contribution is 2.29. The monoisotopic (exact) mass is 282 g/mol. The molecule has 3 rings (SSSR count). The number of rotatable bonds is 5. The molecule has 0 radical (unpaired) electrons. The highest BCUT2D eigenvalue weighted by atomic mass is 16.5. The van der Waals surface area contributed by atoms with Gasteiger partial charge in [0.1, 0.15) is 5.75 Å². The number of hydrogen-bond acceptors (Lipinski definition) is 3. The van der Waals surface area contributed by atoms with Crippen LogP contribution in [0.25, 0.3) is 0 Å². The maximum Gasteiger partial charge on any atom is 0.251 e. The summed E-state index contributed by atoms with van der Waals surface area (Å²) < 4.78 is 5.35. The van der Waals surface area contributed by atoms with E-state index in [2.05, 4.69) is 10.6 Å². The molecule has 1 fully saturated rings. The Morgan fingerprint density at radius 2 is 1.90 bits per heavy atom. The number of amides is 1. The van der Waals surface area contributed by atoms with E-state index in [1.54, 1.807) is 13.2 Å². The van der Waals surface area contributed by atoms with Gasteiger partial charge in [-0.2, -0.15) is 0 Å². The van der Waals surface area contributed by atoms with Crippen molar-refractivity contribution in [2.75, 3.05) is 12.4 Å².